The molecule has 0 bridgehead atoms. The van der Waals surface area contributed by atoms with E-state index < -0.39 is 0 Å². The molecule has 0 aliphatic rings. The summed E-state index contributed by atoms with van der Waals surface area (Å²) in [6.45, 7) is 1.78. The number of para-hydroxylation sites is 2. The Morgan fingerprint density at radius 2 is 1.90 bits per heavy atom. The lowest BCUT2D eigenvalue weighted by Crippen LogP contribution is -2.21. The van der Waals surface area contributed by atoms with Crippen LogP contribution in [0.15, 0.2) is 36.7 Å². The Kier molecular flexibility index (Phi) is 5.34. The summed E-state index contributed by atoms with van der Waals surface area (Å²) in [7, 11) is 5.72. The van der Waals surface area contributed by atoms with E-state index in [1.807, 2.05) is 44.4 Å². The molecule has 1 heterocycles. The number of methoxy groups -OCH3 is 1. The Morgan fingerprint density at radius 1 is 1.14 bits per heavy atom. The lowest BCUT2D eigenvalue weighted by molar-refractivity contribution is 0.417. The molecule has 0 amide bonds. The van der Waals surface area contributed by atoms with Crippen LogP contribution in [0.25, 0.3) is 0 Å². The summed E-state index contributed by atoms with van der Waals surface area (Å²) in [6, 6.07) is 9.60. The number of nitrogens with one attached hydrogen (secondary N) is 2. The molecular formula is C15H21N5O. The van der Waals surface area contributed by atoms with E-state index in [-0.39, 0.29) is 0 Å². The first kappa shape index (κ1) is 15.1. The summed E-state index contributed by atoms with van der Waals surface area (Å²) in [4.78, 5) is 10.5. The van der Waals surface area contributed by atoms with Gasteiger partial charge in [-0.05, 0) is 26.2 Å². The van der Waals surface area contributed by atoms with Crippen LogP contribution < -0.4 is 15.4 Å². The molecular weight excluding hydrogens is 266 g/mol. The van der Waals surface area contributed by atoms with Gasteiger partial charge in [0.15, 0.2) is 0 Å². The number of benzene rings is 1. The number of likely N-dealkylation sites (N-methyl/N-ethyl adjacent to an activating group) is 1. The van der Waals surface area contributed by atoms with Crippen LogP contribution in [0.3, 0.4) is 0 Å². The Labute approximate surface area is 125 Å². The van der Waals surface area contributed by atoms with Crippen LogP contribution in [-0.4, -0.2) is 49.2 Å². The van der Waals surface area contributed by atoms with Gasteiger partial charge in [-0.1, -0.05) is 12.1 Å². The molecule has 0 spiro atoms. The second-order valence-electron chi connectivity index (χ2n) is 4.84. The van der Waals surface area contributed by atoms with E-state index in [9.17, 15) is 0 Å². The van der Waals surface area contributed by atoms with Crippen molar-refractivity contribution in [2.45, 2.75) is 0 Å². The molecule has 0 fully saturated rings. The van der Waals surface area contributed by atoms with Gasteiger partial charge in [0.2, 0.25) is 0 Å². The van der Waals surface area contributed by atoms with Gasteiger partial charge in [-0.15, -0.1) is 0 Å². The summed E-state index contributed by atoms with van der Waals surface area (Å²) in [5, 5.41) is 6.50. The zero-order chi connectivity index (χ0) is 15.1. The predicted molar refractivity (Wildman–Crippen MR) is 85.4 cm³/mol. The van der Waals surface area contributed by atoms with E-state index in [0.29, 0.717) is 0 Å². The third-order valence-electron chi connectivity index (χ3n) is 2.90. The highest BCUT2D eigenvalue weighted by Crippen LogP contribution is 2.26. The first-order valence-electron chi connectivity index (χ1n) is 6.79. The lowest BCUT2D eigenvalue weighted by Gasteiger charge is -2.12. The Bertz CT molecular complexity index is 573. The van der Waals surface area contributed by atoms with Crippen LogP contribution in [0.2, 0.25) is 0 Å². The normalized spacial score (nSPS) is 10.5. The molecule has 2 N–H and O–H groups in total. The third kappa shape index (κ3) is 4.61. The fourth-order valence-corrected chi connectivity index (χ4v) is 1.82. The van der Waals surface area contributed by atoms with E-state index in [4.69, 9.17) is 4.74 Å². The largest absolute Gasteiger partial charge is 0.495 e. The fourth-order valence-electron chi connectivity index (χ4n) is 1.82. The van der Waals surface area contributed by atoms with Gasteiger partial charge in [0.05, 0.1) is 12.8 Å². The van der Waals surface area contributed by atoms with Crippen LogP contribution in [0.4, 0.5) is 17.3 Å². The van der Waals surface area contributed by atoms with Crippen LogP contribution in [-0.2, 0) is 0 Å². The number of ether oxygens (including phenoxy) is 1. The highest BCUT2D eigenvalue weighted by molar-refractivity contribution is 5.65. The molecule has 0 saturated heterocycles. The molecule has 0 saturated carbocycles. The minimum absolute atomic E-state index is 0.724. The van der Waals surface area contributed by atoms with Gasteiger partial charge in [0, 0.05) is 19.2 Å². The summed E-state index contributed by atoms with van der Waals surface area (Å²) in [6.07, 6.45) is 1.54. The minimum Gasteiger partial charge on any atom is -0.495 e. The summed E-state index contributed by atoms with van der Waals surface area (Å²) >= 11 is 0. The fraction of sp³-hybridized carbons (Fsp3) is 0.333. The quantitative estimate of drug-likeness (QED) is 0.814. The van der Waals surface area contributed by atoms with Gasteiger partial charge in [0.25, 0.3) is 0 Å². The van der Waals surface area contributed by atoms with Crippen molar-refractivity contribution in [3.8, 4) is 5.75 Å². The zero-order valence-electron chi connectivity index (χ0n) is 12.6. The molecule has 2 rings (SSSR count). The monoisotopic (exact) mass is 287 g/mol. The van der Waals surface area contributed by atoms with E-state index in [1.165, 1.54) is 6.33 Å². The van der Waals surface area contributed by atoms with Crippen molar-refractivity contribution in [1.82, 2.24) is 14.9 Å². The molecule has 0 unspecified atom stereocenters. The highest BCUT2D eigenvalue weighted by atomic mass is 16.5. The number of rotatable bonds is 7. The van der Waals surface area contributed by atoms with Gasteiger partial charge < -0.3 is 20.3 Å². The van der Waals surface area contributed by atoms with E-state index in [1.54, 1.807) is 7.11 Å². The number of aromatic nitrogens is 2. The molecule has 0 aliphatic carbocycles. The van der Waals surface area contributed by atoms with Crippen molar-refractivity contribution in [1.29, 1.82) is 0 Å². The molecule has 0 aliphatic heterocycles. The van der Waals surface area contributed by atoms with E-state index >= 15 is 0 Å². The third-order valence-corrected chi connectivity index (χ3v) is 2.90. The maximum atomic E-state index is 5.31. The van der Waals surface area contributed by atoms with Gasteiger partial charge in [-0.25, -0.2) is 9.97 Å². The Morgan fingerprint density at radius 3 is 2.67 bits per heavy atom. The predicted octanol–water partition coefficient (Wildman–Crippen LogP) is 2.20. The molecule has 21 heavy (non-hydrogen) atoms. The molecule has 0 atom stereocenters. The van der Waals surface area contributed by atoms with Gasteiger partial charge in [-0.2, -0.15) is 0 Å². The molecule has 6 nitrogen and oxygen atoms in total. The van der Waals surface area contributed by atoms with Crippen molar-refractivity contribution >= 4 is 17.3 Å². The smallest absolute Gasteiger partial charge is 0.142 e. The number of nitrogens with zero attached hydrogens (tertiary/aromatic N) is 3. The number of hydrogen-bond donors (Lipinski definition) is 2. The zero-order valence-corrected chi connectivity index (χ0v) is 12.6. The van der Waals surface area contributed by atoms with Gasteiger partial charge in [0.1, 0.15) is 23.7 Å². The van der Waals surface area contributed by atoms with Crippen LogP contribution >= 0.6 is 0 Å². The Balaban J connectivity index is 2.03. The van der Waals surface area contributed by atoms with Crippen molar-refractivity contribution in [2.24, 2.45) is 0 Å². The van der Waals surface area contributed by atoms with Gasteiger partial charge >= 0.3 is 0 Å². The first-order chi connectivity index (χ1) is 10.2. The van der Waals surface area contributed by atoms with E-state index in [2.05, 4.69) is 25.5 Å². The van der Waals surface area contributed by atoms with Crippen LogP contribution in [0, 0.1) is 0 Å². The average Bonchev–Trinajstić information content (AvgIpc) is 2.48. The maximum absolute atomic E-state index is 5.31. The van der Waals surface area contributed by atoms with Crippen LogP contribution in [0.1, 0.15) is 0 Å². The summed E-state index contributed by atoms with van der Waals surface area (Å²) in [5.74, 6) is 2.30. The van der Waals surface area contributed by atoms with Gasteiger partial charge in [-0.3, -0.25) is 0 Å². The SMILES string of the molecule is COc1ccccc1Nc1cc(NCCN(C)C)ncn1. The molecule has 1 aromatic heterocycles. The lowest BCUT2D eigenvalue weighted by atomic mass is 10.3. The summed E-state index contributed by atoms with van der Waals surface area (Å²) < 4.78 is 5.31. The standard InChI is InChI=1S/C15H21N5O/c1-20(2)9-8-16-14-10-15(18-11-17-14)19-12-6-4-5-7-13(12)21-3/h4-7,10-11H,8-9H2,1-3H3,(H2,16,17,18,19). The second kappa shape index (κ2) is 7.44. The number of hydrogen-bond acceptors (Lipinski definition) is 6. The Hall–Kier alpha value is -2.34. The molecule has 0 radical (unpaired) electrons. The molecule has 112 valence electrons. The van der Waals surface area contributed by atoms with E-state index in [0.717, 1.165) is 36.2 Å². The number of anilines is 3. The molecule has 1 aromatic carbocycles. The van der Waals surface area contributed by atoms with Crippen molar-refractivity contribution in [2.75, 3.05) is 44.9 Å². The van der Waals surface area contributed by atoms with Crippen molar-refractivity contribution < 1.29 is 4.74 Å². The first-order valence-corrected chi connectivity index (χ1v) is 6.79. The molecule has 2 aromatic rings. The average molecular weight is 287 g/mol. The topological polar surface area (TPSA) is 62.3 Å². The summed E-state index contributed by atoms with van der Waals surface area (Å²) in [5.41, 5.74) is 0.873. The minimum atomic E-state index is 0.724. The van der Waals surface area contributed by atoms with Crippen LogP contribution in [0.5, 0.6) is 5.75 Å². The van der Waals surface area contributed by atoms with Crippen molar-refractivity contribution in [3.63, 3.8) is 0 Å². The maximum Gasteiger partial charge on any atom is 0.142 e. The molecule has 6 heteroatoms. The van der Waals surface area contributed by atoms with Crippen molar-refractivity contribution in [3.05, 3.63) is 36.7 Å². The highest BCUT2D eigenvalue weighted by Gasteiger charge is 2.04. The second-order valence-corrected chi connectivity index (χ2v) is 4.84.